The molecule has 1 aromatic carbocycles. The zero-order valence-electron chi connectivity index (χ0n) is 11.3. The van der Waals surface area contributed by atoms with Crippen molar-refractivity contribution < 1.29 is 14.3 Å². The SMILES string of the molecule is NC(=O)c1c[nH]c2ncnc(NCc3cc(O)ccc3F)c12. The van der Waals surface area contributed by atoms with Crippen LogP contribution in [0.15, 0.2) is 30.7 Å². The van der Waals surface area contributed by atoms with Gasteiger partial charge in [0.15, 0.2) is 0 Å². The largest absolute Gasteiger partial charge is 0.508 e. The molecule has 2 heterocycles. The molecule has 2 aromatic heterocycles. The number of phenols is 1. The molecule has 112 valence electrons. The fraction of sp³-hybridized carbons (Fsp3) is 0.0714. The number of hydrogen-bond acceptors (Lipinski definition) is 5. The van der Waals surface area contributed by atoms with Gasteiger partial charge >= 0.3 is 0 Å². The fourth-order valence-electron chi connectivity index (χ4n) is 2.17. The lowest BCUT2D eigenvalue weighted by molar-refractivity contribution is 0.100. The normalized spacial score (nSPS) is 10.8. The van der Waals surface area contributed by atoms with Crippen molar-refractivity contribution in [3.05, 3.63) is 47.7 Å². The van der Waals surface area contributed by atoms with Crippen LogP contribution in [-0.2, 0) is 6.54 Å². The quantitative estimate of drug-likeness (QED) is 0.583. The second-order valence-electron chi connectivity index (χ2n) is 4.64. The summed E-state index contributed by atoms with van der Waals surface area (Å²) < 4.78 is 13.7. The van der Waals surface area contributed by atoms with Crippen LogP contribution in [0.5, 0.6) is 5.75 Å². The van der Waals surface area contributed by atoms with Gasteiger partial charge in [-0.2, -0.15) is 0 Å². The maximum Gasteiger partial charge on any atom is 0.251 e. The molecule has 3 aromatic rings. The van der Waals surface area contributed by atoms with Gasteiger partial charge in [0.05, 0.1) is 10.9 Å². The van der Waals surface area contributed by atoms with Gasteiger partial charge in [0.1, 0.15) is 29.4 Å². The first-order valence-electron chi connectivity index (χ1n) is 6.39. The Balaban J connectivity index is 1.95. The number of nitrogens with two attached hydrogens (primary N) is 1. The van der Waals surface area contributed by atoms with Crippen molar-refractivity contribution in [1.29, 1.82) is 0 Å². The molecule has 0 aliphatic heterocycles. The van der Waals surface area contributed by atoms with E-state index in [1.165, 1.54) is 30.7 Å². The highest BCUT2D eigenvalue weighted by Gasteiger charge is 2.15. The van der Waals surface area contributed by atoms with Crippen LogP contribution >= 0.6 is 0 Å². The molecular formula is C14H12FN5O2. The average molecular weight is 301 g/mol. The Morgan fingerprint density at radius 2 is 2.23 bits per heavy atom. The Labute approximate surface area is 124 Å². The third-order valence-corrected chi connectivity index (χ3v) is 3.21. The van der Waals surface area contributed by atoms with Crippen molar-refractivity contribution in [3.63, 3.8) is 0 Å². The van der Waals surface area contributed by atoms with E-state index in [1.807, 2.05) is 0 Å². The van der Waals surface area contributed by atoms with Crippen molar-refractivity contribution in [2.75, 3.05) is 5.32 Å². The van der Waals surface area contributed by atoms with Gasteiger partial charge in [0.2, 0.25) is 0 Å². The van der Waals surface area contributed by atoms with Crippen molar-refractivity contribution >= 4 is 22.8 Å². The molecule has 0 bridgehead atoms. The summed E-state index contributed by atoms with van der Waals surface area (Å²) >= 11 is 0. The lowest BCUT2D eigenvalue weighted by Crippen LogP contribution is -2.11. The minimum atomic E-state index is -0.618. The lowest BCUT2D eigenvalue weighted by atomic mass is 10.2. The molecule has 0 aliphatic rings. The van der Waals surface area contributed by atoms with Crippen LogP contribution in [0.2, 0.25) is 0 Å². The van der Waals surface area contributed by atoms with Gasteiger partial charge in [-0.25, -0.2) is 14.4 Å². The molecule has 0 saturated heterocycles. The number of halogens is 1. The summed E-state index contributed by atoms with van der Waals surface area (Å²) in [4.78, 5) is 22.3. The van der Waals surface area contributed by atoms with Gasteiger partial charge < -0.3 is 21.1 Å². The number of fused-ring (bicyclic) bond motifs is 1. The number of benzene rings is 1. The molecular weight excluding hydrogens is 289 g/mol. The molecule has 0 unspecified atom stereocenters. The van der Waals surface area contributed by atoms with Crippen molar-refractivity contribution in [3.8, 4) is 5.75 Å². The Kier molecular flexibility index (Phi) is 3.34. The van der Waals surface area contributed by atoms with E-state index in [9.17, 15) is 14.3 Å². The first-order chi connectivity index (χ1) is 10.6. The van der Waals surface area contributed by atoms with Gasteiger partial charge in [-0.1, -0.05) is 0 Å². The Morgan fingerprint density at radius 1 is 1.41 bits per heavy atom. The minimum Gasteiger partial charge on any atom is -0.508 e. The number of aromatic amines is 1. The summed E-state index contributed by atoms with van der Waals surface area (Å²) in [5.74, 6) is -0.763. The lowest BCUT2D eigenvalue weighted by Gasteiger charge is -2.08. The van der Waals surface area contributed by atoms with E-state index in [4.69, 9.17) is 5.73 Å². The summed E-state index contributed by atoms with van der Waals surface area (Å²) in [5, 5.41) is 12.8. The highest BCUT2D eigenvalue weighted by Crippen LogP contribution is 2.24. The van der Waals surface area contributed by atoms with E-state index in [0.29, 0.717) is 16.9 Å². The minimum absolute atomic E-state index is 0.0366. The number of rotatable bonds is 4. The third-order valence-electron chi connectivity index (χ3n) is 3.21. The molecule has 0 radical (unpaired) electrons. The van der Waals surface area contributed by atoms with E-state index in [2.05, 4.69) is 20.3 Å². The number of H-pyrrole nitrogens is 1. The highest BCUT2D eigenvalue weighted by atomic mass is 19.1. The predicted molar refractivity (Wildman–Crippen MR) is 77.8 cm³/mol. The van der Waals surface area contributed by atoms with Crippen LogP contribution in [0.1, 0.15) is 15.9 Å². The summed E-state index contributed by atoms with van der Waals surface area (Å²) in [6.45, 7) is 0.0791. The second-order valence-corrected chi connectivity index (χ2v) is 4.64. The first-order valence-corrected chi connectivity index (χ1v) is 6.39. The highest BCUT2D eigenvalue weighted by molar-refractivity contribution is 6.08. The molecule has 0 atom stereocenters. The van der Waals surface area contributed by atoms with Gasteiger partial charge in [0, 0.05) is 18.3 Å². The van der Waals surface area contributed by atoms with Crippen LogP contribution in [0.25, 0.3) is 11.0 Å². The number of anilines is 1. The zero-order chi connectivity index (χ0) is 15.7. The Bertz CT molecular complexity index is 862. The van der Waals surface area contributed by atoms with E-state index in [0.717, 1.165) is 0 Å². The summed E-state index contributed by atoms with van der Waals surface area (Å²) in [6.07, 6.45) is 2.76. The number of nitrogens with zero attached hydrogens (tertiary/aromatic N) is 2. The number of carbonyl (C=O) groups is 1. The molecule has 1 amide bonds. The maximum atomic E-state index is 13.7. The second kappa shape index (κ2) is 5.32. The molecule has 7 nitrogen and oxygen atoms in total. The monoisotopic (exact) mass is 301 g/mol. The average Bonchev–Trinajstić information content (AvgIpc) is 2.93. The molecule has 0 saturated carbocycles. The maximum absolute atomic E-state index is 13.7. The number of nitrogens with one attached hydrogen (secondary N) is 2. The van der Waals surface area contributed by atoms with E-state index >= 15 is 0 Å². The summed E-state index contributed by atoms with van der Waals surface area (Å²) in [5.41, 5.74) is 6.27. The third kappa shape index (κ3) is 2.41. The summed E-state index contributed by atoms with van der Waals surface area (Å²) in [7, 11) is 0. The Morgan fingerprint density at radius 3 is 3.00 bits per heavy atom. The van der Waals surface area contributed by atoms with Crippen molar-refractivity contribution in [2.45, 2.75) is 6.54 Å². The summed E-state index contributed by atoms with van der Waals surface area (Å²) in [6, 6.07) is 3.75. The van der Waals surface area contributed by atoms with Crippen LogP contribution in [0, 0.1) is 5.82 Å². The predicted octanol–water partition coefficient (Wildman–Crippen LogP) is 1.51. The number of hydrogen-bond donors (Lipinski definition) is 4. The van der Waals surface area contributed by atoms with Crippen LogP contribution < -0.4 is 11.1 Å². The molecule has 8 heteroatoms. The standard InChI is InChI=1S/C14H12FN5O2/c15-10-2-1-8(21)3-7(10)4-17-13-11-9(12(16)22)5-18-14(11)20-6-19-13/h1-3,5-6,21H,4H2,(H2,16,22)(H2,17,18,19,20). The van der Waals surface area contributed by atoms with Crippen LogP contribution in [-0.4, -0.2) is 26.0 Å². The van der Waals surface area contributed by atoms with Crippen LogP contribution in [0.3, 0.4) is 0 Å². The van der Waals surface area contributed by atoms with E-state index in [-0.39, 0.29) is 23.4 Å². The van der Waals surface area contributed by atoms with Gasteiger partial charge in [0.25, 0.3) is 5.91 Å². The molecule has 3 rings (SSSR count). The number of aromatic nitrogens is 3. The van der Waals surface area contributed by atoms with Crippen molar-refractivity contribution in [2.24, 2.45) is 5.73 Å². The van der Waals surface area contributed by atoms with Crippen molar-refractivity contribution in [1.82, 2.24) is 15.0 Å². The molecule has 0 aliphatic carbocycles. The fourth-order valence-corrected chi connectivity index (χ4v) is 2.17. The number of primary amides is 1. The number of carbonyl (C=O) groups excluding carboxylic acids is 1. The smallest absolute Gasteiger partial charge is 0.251 e. The number of phenolic OH excluding ortho intramolecular Hbond substituents is 1. The number of aromatic hydroxyl groups is 1. The number of amides is 1. The van der Waals surface area contributed by atoms with Gasteiger partial charge in [-0.3, -0.25) is 4.79 Å². The molecule has 5 N–H and O–H groups in total. The molecule has 0 spiro atoms. The Hall–Kier alpha value is -3.16. The molecule has 0 fully saturated rings. The van der Waals surface area contributed by atoms with E-state index < -0.39 is 11.7 Å². The molecule has 22 heavy (non-hydrogen) atoms. The van der Waals surface area contributed by atoms with Gasteiger partial charge in [-0.15, -0.1) is 0 Å². The van der Waals surface area contributed by atoms with Gasteiger partial charge in [-0.05, 0) is 18.2 Å². The van der Waals surface area contributed by atoms with E-state index in [1.54, 1.807) is 0 Å². The topological polar surface area (TPSA) is 117 Å². The zero-order valence-corrected chi connectivity index (χ0v) is 11.3. The van der Waals surface area contributed by atoms with Crippen LogP contribution in [0.4, 0.5) is 10.2 Å². The first kappa shape index (κ1) is 13.8.